The van der Waals surface area contributed by atoms with Gasteiger partial charge in [-0.15, -0.1) is 0 Å². The molecule has 2 aliphatic heterocycles. The van der Waals surface area contributed by atoms with E-state index in [1.165, 1.54) is 33.4 Å². The summed E-state index contributed by atoms with van der Waals surface area (Å²) < 4.78 is 21.8. The smallest absolute Gasteiger partial charge is 0.118 e. The Balaban J connectivity index is 1.22. The fraction of sp³-hybridized carbons (Fsp3) is 0.250. The highest BCUT2D eigenvalue weighted by molar-refractivity contribution is 5.42. The molecule has 246 valence electrons. The molecule has 0 saturated carbocycles. The van der Waals surface area contributed by atoms with E-state index in [-0.39, 0.29) is 36.5 Å². The predicted octanol–water partition coefficient (Wildman–Crippen LogP) is 7.07. The molecular weight excluding hydrogens is 600 g/mol. The van der Waals surface area contributed by atoms with E-state index in [0.717, 1.165) is 23.0 Å². The predicted molar refractivity (Wildman–Crippen MR) is 187 cm³/mol. The zero-order valence-electron chi connectivity index (χ0n) is 27.6. The number of ether oxygens (including phenoxy) is 4. The second-order valence-electron chi connectivity index (χ2n) is 12.2. The van der Waals surface area contributed by atoms with E-state index >= 15 is 0 Å². The van der Waals surface area contributed by atoms with Gasteiger partial charge in [-0.1, -0.05) is 72.8 Å². The molecule has 0 spiro atoms. The number of benzene rings is 5. The summed E-state index contributed by atoms with van der Waals surface area (Å²) in [6.07, 6.45) is -0.216. The molecule has 0 aliphatic carbocycles. The van der Waals surface area contributed by atoms with Crippen molar-refractivity contribution in [1.29, 1.82) is 0 Å². The van der Waals surface area contributed by atoms with Gasteiger partial charge in [-0.2, -0.15) is 0 Å². The minimum absolute atomic E-state index is 0.0194. The Morgan fingerprint density at radius 1 is 0.333 bits per heavy atom. The Hall–Kier alpha value is -4.86. The molecule has 0 bridgehead atoms. The van der Waals surface area contributed by atoms with Crippen molar-refractivity contribution in [2.75, 3.05) is 28.4 Å². The van der Waals surface area contributed by atoms with Gasteiger partial charge in [-0.25, -0.2) is 0 Å². The first kappa shape index (κ1) is 31.7. The minimum Gasteiger partial charge on any atom is -0.497 e. The van der Waals surface area contributed by atoms with Crippen molar-refractivity contribution in [2.45, 2.75) is 36.5 Å². The molecule has 5 aromatic carbocycles. The third kappa shape index (κ3) is 6.35. The standard InChI is InChI=1S/C40H42N4O4/c1-45-29-17-9-25(10-18-29)35-36(26-11-19-30(46-2)20-12-26)42-39(41-35)33-7-5-6-8-34(33)40-43-37(27-13-21-31(47-3)22-14-27)38(44-40)28-15-23-32(48-4)24-16-28/h5-24,35-44H,1-4H3. The average Bonchev–Trinajstić information content (AvgIpc) is 3.81. The highest BCUT2D eigenvalue weighted by Gasteiger charge is 2.40. The van der Waals surface area contributed by atoms with Crippen LogP contribution < -0.4 is 40.2 Å². The van der Waals surface area contributed by atoms with Crippen LogP contribution in [0.1, 0.15) is 69.9 Å². The number of nitrogens with one attached hydrogen (secondary N) is 4. The first-order valence-electron chi connectivity index (χ1n) is 16.3. The first-order valence-corrected chi connectivity index (χ1v) is 16.3. The maximum absolute atomic E-state index is 5.46. The second kappa shape index (κ2) is 14.1. The molecule has 48 heavy (non-hydrogen) atoms. The Morgan fingerprint density at radius 3 is 0.771 bits per heavy atom. The third-order valence-corrected chi connectivity index (χ3v) is 9.57. The summed E-state index contributed by atoms with van der Waals surface area (Å²) in [5.74, 6) is 3.35. The van der Waals surface area contributed by atoms with Crippen LogP contribution in [0.5, 0.6) is 23.0 Å². The molecule has 2 fully saturated rings. The molecule has 2 aliphatic rings. The normalized spacial score (nSPS) is 23.5. The molecule has 5 aromatic rings. The summed E-state index contributed by atoms with van der Waals surface area (Å²) in [6, 6.07) is 42.0. The molecule has 8 nitrogen and oxygen atoms in total. The second-order valence-corrected chi connectivity index (χ2v) is 12.2. The highest BCUT2D eigenvalue weighted by atomic mass is 16.5. The molecule has 4 unspecified atom stereocenters. The van der Waals surface area contributed by atoms with E-state index in [2.05, 4.69) is 94.1 Å². The summed E-state index contributed by atoms with van der Waals surface area (Å²) in [7, 11) is 6.78. The van der Waals surface area contributed by atoms with E-state index in [1.54, 1.807) is 28.4 Å². The van der Waals surface area contributed by atoms with Crippen LogP contribution in [0.25, 0.3) is 0 Å². The van der Waals surface area contributed by atoms with Gasteiger partial charge < -0.3 is 18.9 Å². The molecule has 4 atom stereocenters. The molecule has 8 heteroatoms. The molecule has 2 saturated heterocycles. The zero-order valence-corrected chi connectivity index (χ0v) is 27.6. The van der Waals surface area contributed by atoms with Crippen molar-refractivity contribution in [3.05, 3.63) is 155 Å². The lowest BCUT2D eigenvalue weighted by Gasteiger charge is -2.22. The van der Waals surface area contributed by atoms with Gasteiger partial charge in [0.05, 0.1) is 64.9 Å². The highest BCUT2D eigenvalue weighted by Crippen LogP contribution is 2.43. The van der Waals surface area contributed by atoms with Gasteiger partial charge in [-0.3, -0.25) is 21.3 Å². The molecule has 2 heterocycles. The van der Waals surface area contributed by atoms with Gasteiger partial charge in [0.15, 0.2) is 0 Å². The maximum atomic E-state index is 5.46. The summed E-state index contributed by atoms with van der Waals surface area (Å²) >= 11 is 0. The SMILES string of the molecule is COc1ccc(C2NC(c3ccccc3C3NC(c4ccc(OC)cc4)C(c4ccc(OC)cc4)N3)NC2c2ccc(OC)cc2)cc1. The van der Waals surface area contributed by atoms with Crippen LogP contribution in [0.4, 0.5) is 0 Å². The van der Waals surface area contributed by atoms with Gasteiger partial charge in [0.1, 0.15) is 23.0 Å². The summed E-state index contributed by atoms with van der Waals surface area (Å²) in [4.78, 5) is 0. The topological polar surface area (TPSA) is 85.0 Å². The van der Waals surface area contributed by atoms with Crippen LogP contribution in [-0.2, 0) is 0 Å². The Morgan fingerprint density at radius 2 is 0.562 bits per heavy atom. The van der Waals surface area contributed by atoms with Crippen molar-refractivity contribution in [3.63, 3.8) is 0 Å². The number of hydrogen-bond acceptors (Lipinski definition) is 8. The van der Waals surface area contributed by atoms with Crippen LogP contribution in [-0.4, -0.2) is 28.4 Å². The monoisotopic (exact) mass is 642 g/mol. The summed E-state index contributed by atoms with van der Waals surface area (Å²) in [6.45, 7) is 0. The van der Waals surface area contributed by atoms with Crippen molar-refractivity contribution < 1.29 is 18.9 Å². The lowest BCUT2D eigenvalue weighted by atomic mass is 9.95. The molecule has 0 radical (unpaired) electrons. The molecular formula is C40H42N4O4. The lowest BCUT2D eigenvalue weighted by Crippen LogP contribution is -2.29. The van der Waals surface area contributed by atoms with Crippen molar-refractivity contribution >= 4 is 0 Å². The number of hydrogen-bond donors (Lipinski definition) is 4. The van der Waals surface area contributed by atoms with Gasteiger partial charge >= 0.3 is 0 Å². The maximum Gasteiger partial charge on any atom is 0.118 e. The van der Waals surface area contributed by atoms with E-state index < -0.39 is 0 Å². The lowest BCUT2D eigenvalue weighted by molar-refractivity contribution is 0.413. The van der Waals surface area contributed by atoms with Crippen LogP contribution in [0.2, 0.25) is 0 Å². The van der Waals surface area contributed by atoms with Gasteiger partial charge in [0.2, 0.25) is 0 Å². The minimum atomic E-state index is -0.108. The fourth-order valence-corrected chi connectivity index (χ4v) is 6.99. The number of rotatable bonds is 10. The van der Waals surface area contributed by atoms with E-state index in [9.17, 15) is 0 Å². The summed E-state index contributed by atoms with van der Waals surface area (Å²) in [5.41, 5.74) is 7.09. The van der Waals surface area contributed by atoms with Crippen LogP contribution in [0, 0.1) is 0 Å². The quantitative estimate of drug-likeness (QED) is 0.129. The average molecular weight is 643 g/mol. The van der Waals surface area contributed by atoms with Crippen molar-refractivity contribution in [2.24, 2.45) is 0 Å². The molecule has 4 N–H and O–H groups in total. The largest absolute Gasteiger partial charge is 0.497 e. The van der Waals surface area contributed by atoms with Gasteiger partial charge in [0.25, 0.3) is 0 Å². The Kier molecular flexibility index (Phi) is 9.31. The number of methoxy groups -OCH3 is 4. The van der Waals surface area contributed by atoms with Crippen LogP contribution >= 0.6 is 0 Å². The molecule has 0 aromatic heterocycles. The first-order chi connectivity index (χ1) is 23.6. The summed E-state index contributed by atoms with van der Waals surface area (Å²) in [5, 5.41) is 15.8. The van der Waals surface area contributed by atoms with E-state index in [4.69, 9.17) is 18.9 Å². The third-order valence-electron chi connectivity index (χ3n) is 9.57. The van der Waals surface area contributed by atoms with Crippen LogP contribution in [0.15, 0.2) is 121 Å². The zero-order chi connectivity index (χ0) is 33.0. The van der Waals surface area contributed by atoms with Crippen molar-refractivity contribution in [1.82, 2.24) is 21.3 Å². The molecule has 0 amide bonds. The Bertz CT molecular complexity index is 1550. The fourth-order valence-electron chi connectivity index (χ4n) is 6.99. The van der Waals surface area contributed by atoms with Crippen molar-refractivity contribution in [3.8, 4) is 23.0 Å². The molecule has 7 rings (SSSR count). The van der Waals surface area contributed by atoms with Crippen LogP contribution in [0.3, 0.4) is 0 Å². The Labute approximate surface area is 282 Å². The van der Waals surface area contributed by atoms with Gasteiger partial charge in [-0.05, 0) is 81.9 Å². The van der Waals surface area contributed by atoms with Gasteiger partial charge in [0, 0.05) is 0 Å². The van der Waals surface area contributed by atoms with E-state index in [1.807, 2.05) is 48.5 Å². The van der Waals surface area contributed by atoms with E-state index in [0.29, 0.717) is 0 Å².